The predicted molar refractivity (Wildman–Crippen MR) is 255 cm³/mol. The zero-order valence-corrected chi connectivity index (χ0v) is 40.4. The van der Waals surface area contributed by atoms with Crippen molar-refractivity contribution >= 4 is 35.5 Å². The molecule has 0 aromatic rings. The van der Waals surface area contributed by atoms with Crippen LogP contribution in [0.15, 0.2) is 0 Å². The Kier molecular flexibility index (Phi) is 37.3. The molecule has 0 spiro atoms. The lowest BCUT2D eigenvalue weighted by Crippen LogP contribution is -2.30. The zero-order valence-electron chi connectivity index (χ0n) is 38.8. The second-order valence-corrected chi connectivity index (χ2v) is 20.5. The number of aliphatic hydroxyl groups is 1. The summed E-state index contributed by atoms with van der Waals surface area (Å²) in [6.45, 7) is 8.79. The number of thioether (sulfide) groups is 2. The van der Waals surface area contributed by atoms with E-state index in [1.807, 2.05) is 23.5 Å². The van der Waals surface area contributed by atoms with Gasteiger partial charge in [-0.2, -0.15) is 23.5 Å². The molecule has 0 saturated heterocycles. The Balaban J connectivity index is 1.59. The van der Waals surface area contributed by atoms with Crippen molar-refractivity contribution in [2.24, 2.45) is 11.8 Å². The van der Waals surface area contributed by atoms with E-state index < -0.39 is 0 Å². The molecule has 2 atom stereocenters. The first-order valence-corrected chi connectivity index (χ1v) is 27.8. The zero-order chi connectivity index (χ0) is 42.3. The number of carbonyl (C=O) groups excluding carboxylic acids is 2. The highest BCUT2D eigenvalue weighted by Crippen LogP contribution is 2.30. The fourth-order valence-electron chi connectivity index (χ4n) is 8.94. The van der Waals surface area contributed by atoms with Gasteiger partial charge in [0.2, 0.25) is 0 Å². The first kappa shape index (κ1) is 54.7. The van der Waals surface area contributed by atoms with Crippen LogP contribution in [0.25, 0.3) is 0 Å². The Labute approximate surface area is 373 Å². The number of hydrogen-bond acceptors (Lipinski definition) is 9. The van der Waals surface area contributed by atoms with Gasteiger partial charge in [0.05, 0.1) is 19.8 Å². The van der Waals surface area contributed by atoms with Crippen LogP contribution in [-0.2, 0) is 23.8 Å². The fourth-order valence-corrected chi connectivity index (χ4v) is 11.1. The Morgan fingerprint density at radius 2 is 1.07 bits per heavy atom. The molecule has 7 nitrogen and oxygen atoms in total. The summed E-state index contributed by atoms with van der Waals surface area (Å²) in [5.74, 6) is 5.84. The van der Waals surface area contributed by atoms with E-state index in [2.05, 4.69) is 18.7 Å². The van der Waals surface area contributed by atoms with E-state index in [-0.39, 0.29) is 30.8 Å². The van der Waals surface area contributed by atoms with Crippen LogP contribution in [0.4, 0.5) is 0 Å². The molecule has 348 valence electrons. The third-order valence-electron chi connectivity index (χ3n) is 12.7. The lowest BCUT2D eigenvalue weighted by Gasteiger charge is -2.25. The largest absolute Gasteiger partial charge is 0.461 e. The van der Waals surface area contributed by atoms with Crippen molar-refractivity contribution < 1.29 is 28.9 Å². The number of ether oxygens (including phenoxy) is 3. The topological polar surface area (TPSA) is 85.3 Å². The number of nitrogens with zero attached hydrogens (tertiary/aromatic N) is 1. The van der Waals surface area contributed by atoms with E-state index in [4.69, 9.17) is 19.3 Å². The van der Waals surface area contributed by atoms with Gasteiger partial charge in [-0.05, 0) is 101 Å². The molecule has 59 heavy (non-hydrogen) atoms. The average Bonchev–Trinajstić information content (AvgIpc) is 3.25. The molecular formula is C50H95NO6S2. The van der Waals surface area contributed by atoms with Crippen molar-refractivity contribution in [3.8, 4) is 0 Å². The monoisotopic (exact) mass is 870 g/mol. The molecule has 9 heteroatoms. The van der Waals surface area contributed by atoms with Gasteiger partial charge in [-0.15, -0.1) is 0 Å². The molecular weight excluding hydrogens is 775 g/mol. The van der Waals surface area contributed by atoms with Crippen molar-refractivity contribution in [3.63, 3.8) is 0 Å². The number of hydrogen-bond donors (Lipinski definition) is 1. The quantitative estimate of drug-likeness (QED) is 0.0477. The number of rotatable bonds is 41. The standard InChI is InChI=1S/C50H95NO6S2/c1-3-5-7-20-29-47(56-49(53)30-15-6-4-2)43-58-42-24-12-10-22-36-51(37-39-55-40-38-52)35-21-9-8-11-23-41-59-44-48(33-31-45-25-16-13-17-26-45)57-50(54)34-32-46-27-18-14-19-28-46/h45-48,52H,3-44H2,1-2H3. The van der Waals surface area contributed by atoms with E-state index >= 15 is 0 Å². The Morgan fingerprint density at radius 1 is 0.559 bits per heavy atom. The minimum atomic E-state index is 0.0000732. The molecule has 0 radical (unpaired) electrons. The number of carbonyl (C=O) groups is 2. The third kappa shape index (κ3) is 32.8. The van der Waals surface area contributed by atoms with Gasteiger partial charge in [0.15, 0.2) is 0 Å². The minimum absolute atomic E-state index is 0.0000732. The maximum Gasteiger partial charge on any atom is 0.306 e. The van der Waals surface area contributed by atoms with Gasteiger partial charge < -0.3 is 24.2 Å². The molecule has 0 aromatic heterocycles. The van der Waals surface area contributed by atoms with Crippen molar-refractivity contribution in [1.29, 1.82) is 0 Å². The SMILES string of the molecule is CCCCCCC(CSCCCCCCN(CCCCCCCSCC(CCC1CCCCC1)OC(=O)CCC1CCCCC1)CCOCCO)OC(=O)CCCCC. The Hall–Kier alpha value is -0.480. The Bertz CT molecular complexity index is 946. The molecule has 2 rings (SSSR count). The van der Waals surface area contributed by atoms with E-state index in [1.165, 1.54) is 153 Å². The van der Waals surface area contributed by atoms with Crippen LogP contribution in [0.3, 0.4) is 0 Å². The Morgan fingerprint density at radius 3 is 1.66 bits per heavy atom. The summed E-state index contributed by atoms with van der Waals surface area (Å²) in [6.07, 6.45) is 38.5. The summed E-state index contributed by atoms with van der Waals surface area (Å²) in [6, 6.07) is 0. The molecule has 2 fully saturated rings. The first-order chi connectivity index (χ1) is 29.0. The van der Waals surface area contributed by atoms with Gasteiger partial charge in [0.25, 0.3) is 0 Å². The van der Waals surface area contributed by atoms with Crippen LogP contribution >= 0.6 is 23.5 Å². The van der Waals surface area contributed by atoms with E-state index in [1.54, 1.807) is 0 Å². The summed E-state index contributed by atoms with van der Waals surface area (Å²) in [7, 11) is 0. The van der Waals surface area contributed by atoms with Gasteiger partial charge >= 0.3 is 11.9 Å². The number of aliphatic hydroxyl groups excluding tert-OH is 1. The molecule has 1 N–H and O–H groups in total. The maximum atomic E-state index is 12.9. The van der Waals surface area contributed by atoms with Gasteiger partial charge in [-0.25, -0.2) is 0 Å². The number of unbranched alkanes of at least 4 members (excludes halogenated alkanes) is 12. The van der Waals surface area contributed by atoms with Crippen LogP contribution in [-0.4, -0.2) is 96.6 Å². The summed E-state index contributed by atoms with van der Waals surface area (Å²) in [5.41, 5.74) is 0. The summed E-state index contributed by atoms with van der Waals surface area (Å²) < 4.78 is 17.7. The van der Waals surface area contributed by atoms with Crippen molar-refractivity contribution in [3.05, 3.63) is 0 Å². The second-order valence-electron chi connectivity index (χ2n) is 18.2. The van der Waals surface area contributed by atoms with E-state index in [9.17, 15) is 9.59 Å². The average molecular weight is 870 g/mol. The molecule has 0 heterocycles. The normalized spacial score (nSPS) is 16.4. The van der Waals surface area contributed by atoms with Crippen LogP contribution in [0.2, 0.25) is 0 Å². The number of esters is 2. The molecule has 2 aliphatic rings. The minimum Gasteiger partial charge on any atom is -0.461 e. The molecule has 0 aliphatic heterocycles. The molecule has 0 amide bonds. The summed E-state index contributed by atoms with van der Waals surface area (Å²) in [4.78, 5) is 27.9. The molecule has 2 saturated carbocycles. The highest BCUT2D eigenvalue weighted by Gasteiger charge is 2.21. The molecule has 2 unspecified atom stereocenters. The van der Waals surface area contributed by atoms with Gasteiger partial charge in [0.1, 0.15) is 12.2 Å². The van der Waals surface area contributed by atoms with Gasteiger partial charge in [-0.3, -0.25) is 9.59 Å². The van der Waals surface area contributed by atoms with Crippen molar-refractivity contribution in [2.45, 2.75) is 232 Å². The second kappa shape index (κ2) is 40.3. The van der Waals surface area contributed by atoms with Crippen LogP contribution in [0.1, 0.15) is 219 Å². The van der Waals surface area contributed by atoms with Crippen LogP contribution in [0, 0.1) is 11.8 Å². The molecule has 0 aromatic carbocycles. The highest BCUT2D eigenvalue weighted by molar-refractivity contribution is 7.99. The summed E-state index contributed by atoms with van der Waals surface area (Å²) in [5, 5.41) is 9.15. The van der Waals surface area contributed by atoms with Crippen LogP contribution < -0.4 is 0 Å². The van der Waals surface area contributed by atoms with E-state index in [0.29, 0.717) is 26.1 Å². The van der Waals surface area contributed by atoms with Crippen LogP contribution in [0.5, 0.6) is 0 Å². The third-order valence-corrected chi connectivity index (χ3v) is 15.1. The smallest absolute Gasteiger partial charge is 0.306 e. The molecule has 0 bridgehead atoms. The highest BCUT2D eigenvalue weighted by atomic mass is 32.2. The maximum absolute atomic E-state index is 12.9. The predicted octanol–water partition coefficient (Wildman–Crippen LogP) is 13.4. The van der Waals surface area contributed by atoms with Gasteiger partial charge in [0, 0.05) is 30.9 Å². The van der Waals surface area contributed by atoms with Crippen molar-refractivity contribution in [2.75, 3.05) is 62.5 Å². The molecule has 2 aliphatic carbocycles. The lowest BCUT2D eigenvalue weighted by molar-refractivity contribution is -0.149. The fraction of sp³-hybridized carbons (Fsp3) is 0.960. The summed E-state index contributed by atoms with van der Waals surface area (Å²) >= 11 is 3.98. The van der Waals surface area contributed by atoms with Gasteiger partial charge in [-0.1, -0.05) is 142 Å². The van der Waals surface area contributed by atoms with Crippen molar-refractivity contribution in [1.82, 2.24) is 4.90 Å². The lowest BCUT2D eigenvalue weighted by atomic mass is 9.85. The van der Waals surface area contributed by atoms with E-state index in [0.717, 1.165) is 93.7 Å². The first-order valence-electron chi connectivity index (χ1n) is 25.5.